The van der Waals surface area contributed by atoms with Crippen molar-refractivity contribution in [2.75, 3.05) is 0 Å². The number of aromatic nitrogens is 2. The van der Waals surface area contributed by atoms with Crippen LogP contribution in [-0.4, -0.2) is 15.5 Å². The number of fused-ring (bicyclic) bond motifs is 1. The van der Waals surface area contributed by atoms with Crippen LogP contribution in [0.4, 0.5) is 13.2 Å². The lowest BCUT2D eigenvalue weighted by atomic mass is 10.2. The number of rotatable bonds is 3. The molecular formula is C16H13F3N2O2. The van der Waals surface area contributed by atoms with Gasteiger partial charge in [0.15, 0.2) is 0 Å². The van der Waals surface area contributed by atoms with Crippen LogP contribution in [0.15, 0.2) is 53.3 Å². The normalized spacial score (nSPS) is 11.8. The third kappa shape index (κ3) is 3.08. The highest BCUT2D eigenvalue weighted by molar-refractivity contribution is 5.75. The van der Waals surface area contributed by atoms with Crippen molar-refractivity contribution in [3.05, 3.63) is 64.6 Å². The van der Waals surface area contributed by atoms with E-state index in [1.54, 1.807) is 19.2 Å². The van der Waals surface area contributed by atoms with Crippen molar-refractivity contribution in [1.29, 1.82) is 0 Å². The molecule has 23 heavy (non-hydrogen) atoms. The molecule has 0 saturated carbocycles. The van der Waals surface area contributed by atoms with Gasteiger partial charge in [0.1, 0.15) is 5.75 Å². The molecule has 0 N–H and O–H groups in total. The number of benzene rings is 2. The number of para-hydroxylation sites is 2. The average Bonchev–Trinajstić information content (AvgIpc) is 2.72. The number of hydrogen-bond acceptors (Lipinski definition) is 2. The number of ether oxygens (including phenoxy) is 1. The van der Waals surface area contributed by atoms with E-state index < -0.39 is 6.36 Å². The van der Waals surface area contributed by atoms with E-state index >= 15 is 0 Å². The number of aryl methyl sites for hydroxylation is 1. The molecule has 3 rings (SSSR count). The molecule has 0 amide bonds. The third-order valence-corrected chi connectivity index (χ3v) is 3.52. The summed E-state index contributed by atoms with van der Waals surface area (Å²) < 4.78 is 43.8. The molecule has 0 aliphatic rings. The molecule has 1 heterocycles. The molecule has 3 aromatic rings. The van der Waals surface area contributed by atoms with Crippen LogP contribution in [0.5, 0.6) is 5.75 Å². The Morgan fingerprint density at radius 3 is 2.43 bits per heavy atom. The van der Waals surface area contributed by atoms with Gasteiger partial charge in [-0.3, -0.25) is 9.13 Å². The summed E-state index contributed by atoms with van der Waals surface area (Å²) in [5.41, 5.74) is 1.81. The van der Waals surface area contributed by atoms with Crippen LogP contribution in [0.25, 0.3) is 11.0 Å². The van der Waals surface area contributed by atoms with E-state index in [9.17, 15) is 18.0 Å². The van der Waals surface area contributed by atoms with Crippen LogP contribution >= 0.6 is 0 Å². The van der Waals surface area contributed by atoms with Gasteiger partial charge in [0.05, 0.1) is 17.6 Å². The third-order valence-electron chi connectivity index (χ3n) is 3.52. The Bertz CT molecular complexity index is 910. The van der Waals surface area contributed by atoms with Gasteiger partial charge in [-0.1, -0.05) is 24.3 Å². The maximum absolute atomic E-state index is 12.3. The van der Waals surface area contributed by atoms with E-state index in [0.29, 0.717) is 5.56 Å². The van der Waals surface area contributed by atoms with Gasteiger partial charge in [-0.2, -0.15) is 0 Å². The molecule has 0 atom stereocenters. The van der Waals surface area contributed by atoms with Gasteiger partial charge in [-0.25, -0.2) is 4.79 Å². The van der Waals surface area contributed by atoms with Crippen molar-refractivity contribution in [1.82, 2.24) is 9.13 Å². The lowest BCUT2D eigenvalue weighted by Crippen LogP contribution is -2.22. The van der Waals surface area contributed by atoms with Gasteiger partial charge in [-0.05, 0) is 29.8 Å². The highest BCUT2D eigenvalue weighted by Crippen LogP contribution is 2.24. The fourth-order valence-corrected chi connectivity index (χ4v) is 2.54. The summed E-state index contributed by atoms with van der Waals surface area (Å²) in [5.74, 6) is -0.303. The van der Waals surface area contributed by atoms with E-state index in [0.717, 1.165) is 11.0 Å². The van der Waals surface area contributed by atoms with Crippen molar-refractivity contribution >= 4 is 11.0 Å². The second-order valence-electron chi connectivity index (χ2n) is 5.11. The summed E-state index contributed by atoms with van der Waals surface area (Å²) in [6.45, 7) is 0.162. The van der Waals surface area contributed by atoms with Crippen LogP contribution in [-0.2, 0) is 13.6 Å². The molecule has 0 bridgehead atoms. The number of imidazole rings is 1. The summed E-state index contributed by atoms with van der Waals surface area (Å²) in [4.78, 5) is 12.3. The molecular weight excluding hydrogens is 309 g/mol. The van der Waals surface area contributed by atoms with E-state index in [4.69, 9.17) is 0 Å². The highest BCUT2D eigenvalue weighted by atomic mass is 19.4. The molecule has 0 saturated heterocycles. The molecule has 4 nitrogen and oxygen atoms in total. The molecule has 0 radical (unpaired) electrons. The van der Waals surface area contributed by atoms with Crippen LogP contribution < -0.4 is 10.4 Å². The molecule has 0 aliphatic carbocycles. The first-order chi connectivity index (χ1) is 10.8. The number of alkyl halides is 3. The minimum atomic E-state index is -4.74. The lowest BCUT2D eigenvalue weighted by Gasteiger charge is -2.10. The molecule has 0 spiro atoms. The van der Waals surface area contributed by atoms with Gasteiger partial charge < -0.3 is 4.74 Å². The fraction of sp³-hybridized carbons (Fsp3) is 0.188. The Morgan fingerprint density at radius 1 is 1.04 bits per heavy atom. The summed E-state index contributed by atoms with van der Waals surface area (Å²) >= 11 is 0. The SMILES string of the molecule is Cn1c(=O)n(Cc2cccc(OC(F)(F)F)c2)c2ccccc21. The molecule has 7 heteroatoms. The van der Waals surface area contributed by atoms with Crippen LogP contribution in [0.2, 0.25) is 0 Å². The highest BCUT2D eigenvalue weighted by Gasteiger charge is 2.31. The minimum absolute atomic E-state index is 0.162. The van der Waals surface area contributed by atoms with Crippen molar-refractivity contribution < 1.29 is 17.9 Å². The van der Waals surface area contributed by atoms with Crippen LogP contribution in [0.1, 0.15) is 5.56 Å². The second-order valence-corrected chi connectivity index (χ2v) is 5.11. The van der Waals surface area contributed by atoms with Crippen molar-refractivity contribution in [2.24, 2.45) is 7.05 Å². The first-order valence-corrected chi connectivity index (χ1v) is 6.84. The Morgan fingerprint density at radius 2 is 1.74 bits per heavy atom. The number of hydrogen-bond donors (Lipinski definition) is 0. The van der Waals surface area contributed by atoms with Crippen molar-refractivity contribution in [3.63, 3.8) is 0 Å². The molecule has 1 aromatic heterocycles. The zero-order valence-electron chi connectivity index (χ0n) is 12.2. The lowest BCUT2D eigenvalue weighted by molar-refractivity contribution is -0.274. The quantitative estimate of drug-likeness (QED) is 0.742. The Labute approximate surface area is 129 Å². The van der Waals surface area contributed by atoms with Crippen molar-refractivity contribution in [2.45, 2.75) is 12.9 Å². The summed E-state index contributed by atoms with van der Waals surface area (Å²) in [6.07, 6.45) is -4.74. The van der Waals surface area contributed by atoms with Gasteiger partial charge in [-0.15, -0.1) is 13.2 Å². The monoisotopic (exact) mass is 322 g/mol. The first kappa shape index (κ1) is 15.2. The Hall–Kier alpha value is -2.70. The van der Waals surface area contributed by atoms with E-state index in [1.807, 2.05) is 18.2 Å². The number of nitrogens with zero attached hydrogens (tertiary/aromatic N) is 2. The maximum atomic E-state index is 12.3. The van der Waals surface area contributed by atoms with Crippen molar-refractivity contribution in [3.8, 4) is 5.75 Å². The largest absolute Gasteiger partial charge is 0.573 e. The predicted molar refractivity (Wildman–Crippen MR) is 79.4 cm³/mol. The molecule has 0 fully saturated rings. The fourth-order valence-electron chi connectivity index (χ4n) is 2.54. The van der Waals surface area contributed by atoms with Crippen LogP contribution in [0.3, 0.4) is 0 Å². The summed E-state index contributed by atoms with van der Waals surface area (Å²) in [7, 11) is 1.66. The van der Waals surface area contributed by atoms with Gasteiger partial charge in [0.25, 0.3) is 0 Å². The molecule has 0 unspecified atom stereocenters. The average molecular weight is 322 g/mol. The zero-order valence-corrected chi connectivity index (χ0v) is 12.2. The molecule has 120 valence electrons. The first-order valence-electron chi connectivity index (χ1n) is 6.84. The summed E-state index contributed by atoms with van der Waals surface area (Å²) in [6, 6.07) is 12.9. The Kier molecular flexibility index (Phi) is 3.63. The summed E-state index contributed by atoms with van der Waals surface area (Å²) in [5, 5.41) is 0. The second kappa shape index (κ2) is 5.49. The van der Waals surface area contributed by atoms with Gasteiger partial charge >= 0.3 is 12.1 Å². The maximum Gasteiger partial charge on any atom is 0.573 e. The smallest absolute Gasteiger partial charge is 0.406 e. The van der Waals surface area contributed by atoms with Crippen LogP contribution in [0, 0.1) is 0 Å². The van der Waals surface area contributed by atoms with E-state index in [-0.39, 0.29) is 18.0 Å². The number of halogens is 3. The molecule has 2 aromatic carbocycles. The minimum Gasteiger partial charge on any atom is -0.406 e. The van der Waals surface area contributed by atoms with E-state index in [1.165, 1.54) is 27.3 Å². The van der Waals surface area contributed by atoms with Gasteiger partial charge in [0.2, 0.25) is 0 Å². The zero-order chi connectivity index (χ0) is 16.6. The topological polar surface area (TPSA) is 36.2 Å². The molecule has 0 aliphatic heterocycles. The predicted octanol–water partition coefficient (Wildman–Crippen LogP) is 3.29. The van der Waals surface area contributed by atoms with Gasteiger partial charge in [0, 0.05) is 7.05 Å². The Balaban J connectivity index is 1.99. The standard InChI is InChI=1S/C16H13F3N2O2/c1-20-13-7-2-3-8-14(13)21(15(20)22)10-11-5-4-6-12(9-11)23-16(17,18)19/h2-9H,10H2,1H3. The van der Waals surface area contributed by atoms with E-state index in [2.05, 4.69) is 4.74 Å².